The number of amides is 1. The molecule has 0 radical (unpaired) electrons. The number of rotatable bonds is 5. The number of β-amino-alcohol motifs (C(OH)–C–C–N with tert-alkyl or cyclic N) is 1. The summed E-state index contributed by atoms with van der Waals surface area (Å²) in [5.41, 5.74) is -0.779. The van der Waals surface area contributed by atoms with E-state index in [4.69, 9.17) is 4.52 Å². The molecule has 0 aliphatic carbocycles. The molecule has 1 amide bonds. The van der Waals surface area contributed by atoms with Crippen LogP contribution in [0.4, 0.5) is 5.95 Å². The molecule has 1 atom stereocenters. The van der Waals surface area contributed by atoms with Crippen LogP contribution in [0.5, 0.6) is 0 Å². The van der Waals surface area contributed by atoms with E-state index in [0.29, 0.717) is 37.6 Å². The average Bonchev–Trinajstić information content (AvgIpc) is 3.21. The van der Waals surface area contributed by atoms with Gasteiger partial charge in [0.15, 0.2) is 5.69 Å². The van der Waals surface area contributed by atoms with E-state index in [2.05, 4.69) is 20.4 Å². The summed E-state index contributed by atoms with van der Waals surface area (Å²) < 4.78 is 5.01. The standard InChI is InChI=1S/C15H19N5O3/c1-2-11-8-12(19-23-11)13(21)18-9-15(22)4-7-20(10-15)14-16-5-3-6-17-14/h3,5-6,8,22H,2,4,7,9-10H2,1H3,(H,18,21)/t15-/m1/s1. The molecule has 0 aromatic carbocycles. The van der Waals surface area contributed by atoms with Crippen molar-refractivity contribution >= 4 is 11.9 Å². The molecule has 2 N–H and O–H groups in total. The van der Waals surface area contributed by atoms with Crippen LogP contribution in [-0.2, 0) is 6.42 Å². The van der Waals surface area contributed by atoms with E-state index in [1.807, 2.05) is 11.8 Å². The highest BCUT2D eigenvalue weighted by Crippen LogP contribution is 2.23. The molecule has 8 heteroatoms. The van der Waals surface area contributed by atoms with Crippen molar-refractivity contribution in [2.75, 3.05) is 24.5 Å². The molecule has 8 nitrogen and oxygen atoms in total. The van der Waals surface area contributed by atoms with Crippen molar-refractivity contribution in [1.82, 2.24) is 20.4 Å². The maximum absolute atomic E-state index is 12.0. The van der Waals surface area contributed by atoms with Gasteiger partial charge >= 0.3 is 0 Å². The van der Waals surface area contributed by atoms with Gasteiger partial charge < -0.3 is 19.8 Å². The summed E-state index contributed by atoms with van der Waals surface area (Å²) in [5, 5.41) is 17.0. The fraction of sp³-hybridized carbons (Fsp3) is 0.467. The number of anilines is 1. The summed E-state index contributed by atoms with van der Waals surface area (Å²) in [6, 6.07) is 3.35. The minimum atomic E-state index is -1.01. The first kappa shape index (κ1) is 15.4. The van der Waals surface area contributed by atoms with Gasteiger partial charge in [0.05, 0.1) is 6.54 Å². The van der Waals surface area contributed by atoms with E-state index in [-0.39, 0.29) is 18.1 Å². The number of aliphatic hydroxyl groups is 1. The van der Waals surface area contributed by atoms with Gasteiger partial charge in [-0.15, -0.1) is 0 Å². The van der Waals surface area contributed by atoms with Crippen LogP contribution in [0.2, 0.25) is 0 Å². The number of hydrogen-bond donors (Lipinski definition) is 2. The van der Waals surface area contributed by atoms with Crippen LogP contribution < -0.4 is 10.2 Å². The molecular weight excluding hydrogens is 298 g/mol. The Bertz CT molecular complexity index is 675. The molecule has 0 saturated carbocycles. The van der Waals surface area contributed by atoms with Gasteiger partial charge in [-0.1, -0.05) is 12.1 Å². The number of hydrogen-bond acceptors (Lipinski definition) is 7. The zero-order chi connectivity index (χ0) is 16.3. The van der Waals surface area contributed by atoms with Crippen LogP contribution in [-0.4, -0.2) is 51.4 Å². The number of nitrogens with zero attached hydrogens (tertiary/aromatic N) is 4. The van der Waals surface area contributed by atoms with Gasteiger partial charge in [0.2, 0.25) is 5.95 Å². The zero-order valence-corrected chi connectivity index (χ0v) is 12.9. The van der Waals surface area contributed by atoms with Crippen LogP contribution >= 0.6 is 0 Å². The van der Waals surface area contributed by atoms with Crippen LogP contribution in [0.25, 0.3) is 0 Å². The lowest BCUT2D eigenvalue weighted by Crippen LogP contribution is -2.45. The normalized spacial score (nSPS) is 20.7. The van der Waals surface area contributed by atoms with Gasteiger partial charge in [-0.05, 0) is 12.5 Å². The van der Waals surface area contributed by atoms with Crippen molar-refractivity contribution in [1.29, 1.82) is 0 Å². The summed E-state index contributed by atoms with van der Waals surface area (Å²) in [6.45, 7) is 3.07. The first-order valence-electron chi connectivity index (χ1n) is 7.58. The zero-order valence-electron chi connectivity index (χ0n) is 12.9. The van der Waals surface area contributed by atoms with Crippen LogP contribution in [0, 0.1) is 0 Å². The average molecular weight is 317 g/mol. The summed E-state index contributed by atoms with van der Waals surface area (Å²) >= 11 is 0. The molecule has 0 spiro atoms. The van der Waals surface area contributed by atoms with Crippen LogP contribution in [0.15, 0.2) is 29.0 Å². The second-order valence-electron chi connectivity index (χ2n) is 5.66. The van der Waals surface area contributed by atoms with Gasteiger partial charge in [-0.2, -0.15) is 0 Å². The molecule has 1 fully saturated rings. The number of carbonyl (C=O) groups excluding carboxylic acids is 1. The molecule has 23 heavy (non-hydrogen) atoms. The van der Waals surface area contributed by atoms with Crippen molar-refractivity contribution in [2.45, 2.75) is 25.4 Å². The molecule has 3 heterocycles. The highest BCUT2D eigenvalue weighted by molar-refractivity contribution is 5.92. The largest absolute Gasteiger partial charge is 0.386 e. The fourth-order valence-electron chi connectivity index (χ4n) is 2.55. The van der Waals surface area contributed by atoms with Crippen molar-refractivity contribution < 1.29 is 14.4 Å². The van der Waals surface area contributed by atoms with E-state index in [1.54, 1.807) is 24.5 Å². The highest BCUT2D eigenvalue weighted by atomic mass is 16.5. The first-order valence-corrected chi connectivity index (χ1v) is 7.58. The number of aryl methyl sites for hydroxylation is 1. The maximum Gasteiger partial charge on any atom is 0.273 e. The minimum Gasteiger partial charge on any atom is -0.386 e. The minimum absolute atomic E-state index is 0.142. The smallest absolute Gasteiger partial charge is 0.273 e. The molecule has 0 bridgehead atoms. The van der Waals surface area contributed by atoms with Gasteiger partial charge in [0.25, 0.3) is 5.91 Å². The molecule has 3 rings (SSSR count). The Balaban J connectivity index is 1.56. The molecule has 1 aliphatic rings. The topological polar surface area (TPSA) is 104 Å². The Morgan fingerprint density at radius 1 is 1.48 bits per heavy atom. The Labute approximate surface area is 133 Å². The highest BCUT2D eigenvalue weighted by Gasteiger charge is 2.37. The lowest BCUT2D eigenvalue weighted by Gasteiger charge is -2.23. The summed E-state index contributed by atoms with van der Waals surface area (Å²) in [5.74, 6) is 0.886. The molecule has 2 aromatic rings. The number of nitrogens with one attached hydrogen (secondary N) is 1. The van der Waals surface area contributed by atoms with Crippen molar-refractivity contribution in [2.24, 2.45) is 0 Å². The third-order valence-corrected chi connectivity index (χ3v) is 3.89. The molecule has 2 aromatic heterocycles. The molecule has 1 aliphatic heterocycles. The predicted octanol–water partition coefficient (Wildman–Crippen LogP) is 0.398. The molecule has 122 valence electrons. The molecule has 0 unspecified atom stereocenters. The first-order chi connectivity index (χ1) is 11.1. The van der Waals surface area contributed by atoms with Crippen LogP contribution in [0.3, 0.4) is 0 Å². The molecular formula is C15H19N5O3. The Kier molecular flexibility index (Phi) is 4.24. The van der Waals surface area contributed by atoms with Gasteiger partial charge in [0, 0.05) is 38.0 Å². The van der Waals surface area contributed by atoms with Gasteiger partial charge in [-0.3, -0.25) is 4.79 Å². The Morgan fingerprint density at radius 3 is 2.96 bits per heavy atom. The van der Waals surface area contributed by atoms with Gasteiger partial charge in [-0.25, -0.2) is 9.97 Å². The quantitative estimate of drug-likeness (QED) is 0.822. The monoisotopic (exact) mass is 317 g/mol. The van der Waals surface area contributed by atoms with E-state index < -0.39 is 5.60 Å². The van der Waals surface area contributed by atoms with E-state index in [0.717, 1.165) is 0 Å². The summed E-state index contributed by atoms with van der Waals surface area (Å²) in [6.07, 6.45) is 4.54. The SMILES string of the molecule is CCc1cc(C(=O)NC[C@]2(O)CCN(c3ncccn3)C2)no1. The maximum atomic E-state index is 12.0. The lowest BCUT2D eigenvalue weighted by atomic mass is 10.0. The Morgan fingerprint density at radius 2 is 2.26 bits per heavy atom. The van der Waals surface area contributed by atoms with Gasteiger partial charge in [0.1, 0.15) is 11.4 Å². The lowest BCUT2D eigenvalue weighted by molar-refractivity contribution is 0.0572. The Hall–Kier alpha value is -2.48. The third kappa shape index (κ3) is 3.48. The van der Waals surface area contributed by atoms with E-state index >= 15 is 0 Å². The fourth-order valence-corrected chi connectivity index (χ4v) is 2.55. The van der Waals surface area contributed by atoms with E-state index in [9.17, 15) is 9.90 Å². The van der Waals surface area contributed by atoms with E-state index in [1.165, 1.54) is 0 Å². The van der Waals surface area contributed by atoms with Crippen molar-refractivity contribution in [3.05, 3.63) is 36.0 Å². The molecule has 1 saturated heterocycles. The summed E-state index contributed by atoms with van der Waals surface area (Å²) in [4.78, 5) is 22.3. The predicted molar refractivity (Wildman–Crippen MR) is 82.0 cm³/mol. The second-order valence-corrected chi connectivity index (χ2v) is 5.66. The number of carbonyl (C=O) groups is 1. The number of aromatic nitrogens is 3. The third-order valence-electron chi connectivity index (χ3n) is 3.89. The summed E-state index contributed by atoms with van der Waals surface area (Å²) in [7, 11) is 0. The van der Waals surface area contributed by atoms with Crippen molar-refractivity contribution in [3.63, 3.8) is 0 Å². The second kappa shape index (κ2) is 6.33. The van der Waals surface area contributed by atoms with Crippen LogP contribution in [0.1, 0.15) is 29.6 Å². The van der Waals surface area contributed by atoms with Crippen molar-refractivity contribution in [3.8, 4) is 0 Å².